The van der Waals surface area contributed by atoms with Gasteiger partial charge in [0.15, 0.2) is 0 Å². The van der Waals surface area contributed by atoms with Crippen LogP contribution in [0, 0.1) is 45.9 Å². The highest BCUT2D eigenvalue weighted by Crippen LogP contribution is 2.23. The highest BCUT2D eigenvalue weighted by Gasteiger charge is 2.13. The van der Waals surface area contributed by atoms with E-state index in [0.717, 1.165) is 33.5 Å². The van der Waals surface area contributed by atoms with Crippen molar-refractivity contribution < 1.29 is 4.79 Å². The number of benzene rings is 2. The van der Waals surface area contributed by atoms with E-state index in [1.807, 2.05) is 71.0 Å². The number of nitriles is 1. The first-order chi connectivity index (χ1) is 11.3. The summed E-state index contributed by atoms with van der Waals surface area (Å²) in [6, 6.07) is 11.9. The molecule has 0 unspecified atom stereocenters. The van der Waals surface area contributed by atoms with Crippen LogP contribution in [0.3, 0.4) is 0 Å². The SMILES string of the molecule is Cc1cc(C)c(NC(=O)/C(C#N)=C/c2ccc(C)c(C)c2)c(C)c1. The summed E-state index contributed by atoms with van der Waals surface area (Å²) >= 11 is 0. The Kier molecular flexibility index (Phi) is 5.21. The summed E-state index contributed by atoms with van der Waals surface area (Å²) in [6.45, 7) is 9.97. The Bertz CT molecular complexity index is 847. The van der Waals surface area contributed by atoms with Crippen molar-refractivity contribution in [3.8, 4) is 6.07 Å². The van der Waals surface area contributed by atoms with E-state index in [-0.39, 0.29) is 11.5 Å². The van der Waals surface area contributed by atoms with Crippen molar-refractivity contribution in [2.24, 2.45) is 0 Å². The number of aryl methyl sites for hydroxylation is 5. The standard InChI is InChI=1S/C21H22N2O/c1-13-8-16(4)20(17(5)9-13)23-21(24)19(12-22)11-18-7-6-14(2)15(3)10-18/h6-11H,1-5H3,(H,23,24)/b19-11+. The van der Waals surface area contributed by atoms with Crippen LogP contribution in [0.4, 0.5) is 5.69 Å². The van der Waals surface area contributed by atoms with Gasteiger partial charge in [-0.1, -0.05) is 35.9 Å². The van der Waals surface area contributed by atoms with Crippen LogP contribution in [-0.2, 0) is 4.79 Å². The summed E-state index contributed by atoms with van der Waals surface area (Å²) in [5.41, 5.74) is 7.15. The van der Waals surface area contributed by atoms with Gasteiger partial charge in [-0.15, -0.1) is 0 Å². The minimum atomic E-state index is -0.384. The van der Waals surface area contributed by atoms with E-state index in [1.165, 1.54) is 5.56 Å². The Morgan fingerprint density at radius 2 is 1.58 bits per heavy atom. The molecule has 1 N–H and O–H groups in total. The van der Waals surface area contributed by atoms with Gasteiger partial charge in [-0.05, 0) is 68.5 Å². The fourth-order valence-corrected chi connectivity index (χ4v) is 2.73. The summed E-state index contributed by atoms with van der Waals surface area (Å²) in [5.74, 6) is -0.384. The molecule has 0 fully saturated rings. The first-order valence-electron chi connectivity index (χ1n) is 7.90. The third-order valence-corrected chi connectivity index (χ3v) is 4.12. The lowest BCUT2D eigenvalue weighted by Crippen LogP contribution is -2.15. The van der Waals surface area contributed by atoms with E-state index in [0.29, 0.717) is 0 Å². The number of carbonyl (C=O) groups excluding carboxylic acids is 1. The third kappa shape index (κ3) is 3.91. The first kappa shape index (κ1) is 17.5. The molecule has 24 heavy (non-hydrogen) atoms. The molecular formula is C21H22N2O. The van der Waals surface area contributed by atoms with E-state index in [4.69, 9.17) is 0 Å². The van der Waals surface area contributed by atoms with Gasteiger partial charge in [0.25, 0.3) is 5.91 Å². The molecule has 0 spiro atoms. The van der Waals surface area contributed by atoms with E-state index in [2.05, 4.69) is 5.32 Å². The molecule has 0 radical (unpaired) electrons. The van der Waals surface area contributed by atoms with Gasteiger partial charge < -0.3 is 5.32 Å². The van der Waals surface area contributed by atoms with Crippen LogP contribution in [0.2, 0.25) is 0 Å². The molecule has 0 bridgehead atoms. The lowest BCUT2D eigenvalue weighted by atomic mass is 10.0. The fraction of sp³-hybridized carbons (Fsp3) is 0.238. The third-order valence-electron chi connectivity index (χ3n) is 4.12. The highest BCUT2D eigenvalue weighted by atomic mass is 16.1. The summed E-state index contributed by atoms with van der Waals surface area (Å²) in [4.78, 5) is 12.5. The molecule has 0 atom stereocenters. The van der Waals surface area contributed by atoms with Gasteiger partial charge in [0.2, 0.25) is 0 Å². The van der Waals surface area contributed by atoms with Crippen LogP contribution in [-0.4, -0.2) is 5.91 Å². The average Bonchev–Trinajstić information content (AvgIpc) is 2.51. The number of amides is 1. The smallest absolute Gasteiger partial charge is 0.266 e. The number of anilines is 1. The van der Waals surface area contributed by atoms with Crippen molar-refractivity contribution in [3.63, 3.8) is 0 Å². The van der Waals surface area contributed by atoms with Crippen LogP contribution < -0.4 is 5.32 Å². The summed E-state index contributed by atoms with van der Waals surface area (Å²) < 4.78 is 0. The lowest BCUT2D eigenvalue weighted by molar-refractivity contribution is -0.112. The number of hydrogen-bond acceptors (Lipinski definition) is 2. The second-order valence-corrected chi connectivity index (χ2v) is 6.24. The van der Waals surface area contributed by atoms with Crippen molar-refractivity contribution in [1.29, 1.82) is 5.26 Å². The molecule has 0 heterocycles. The maximum atomic E-state index is 12.5. The van der Waals surface area contributed by atoms with Crippen molar-refractivity contribution in [2.45, 2.75) is 34.6 Å². The van der Waals surface area contributed by atoms with E-state index >= 15 is 0 Å². The molecule has 0 aliphatic carbocycles. The molecule has 3 nitrogen and oxygen atoms in total. The Morgan fingerprint density at radius 1 is 0.958 bits per heavy atom. The predicted molar refractivity (Wildman–Crippen MR) is 98.8 cm³/mol. The zero-order valence-electron chi connectivity index (χ0n) is 14.8. The second kappa shape index (κ2) is 7.14. The molecule has 2 rings (SSSR count). The quantitative estimate of drug-likeness (QED) is 0.654. The molecule has 0 aliphatic heterocycles. The Labute approximate surface area is 143 Å². The molecule has 1 amide bonds. The Balaban J connectivity index is 2.31. The van der Waals surface area contributed by atoms with Crippen LogP contribution in [0.25, 0.3) is 6.08 Å². The zero-order valence-corrected chi connectivity index (χ0v) is 14.8. The predicted octanol–water partition coefficient (Wildman–Crippen LogP) is 4.77. The van der Waals surface area contributed by atoms with Gasteiger partial charge in [-0.3, -0.25) is 4.79 Å². The minimum absolute atomic E-state index is 0.0950. The maximum Gasteiger partial charge on any atom is 0.266 e. The molecule has 2 aromatic carbocycles. The number of carbonyl (C=O) groups is 1. The molecule has 0 aromatic heterocycles. The van der Waals surface area contributed by atoms with Gasteiger partial charge in [-0.2, -0.15) is 5.26 Å². The fourth-order valence-electron chi connectivity index (χ4n) is 2.73. The van der Waals surface area contributed by atoms with E-state index in [1.54, 1.807) is 6.08 Å². The molecule has 2 aromatic rings. The first-order valence-corrected chi connectivity index (χ1v) is 7.90. The summed E-state index contributed by atoms with van der Waals surface area (Å²) in [6.07, 6.45) is 1.63. The topological polar surface area (TPSA) is 52.9 Å². The van der Waals surface area contributed by atoms with E-state index in [9.17, 15) is 10.1 Å². The van der Waals surface area contributed by atoms with E-state index < -0.39 is 0 Å². The monoisotopic (exact) mass is 318 g/mol. The number of nitrogens with zero attached hydrogens (tertiary/aromatic N) is 1. The molecule has 3 heteroatoms. The minimum Gasteiger partial charge on any atom is -0.321 e. The van der Waals surface area contributed by atoms with Crippen LogP contribution in [0.1, 0.15) is 33.4 Å². The van der Waals surface area contributed by atoms with Crippen molar-refractivity contribution >= 4 is 17.7 Å². The van der Waals surface area contributed by atoms with Crippen molar-refractivity contribution in [1.82, 2.24) is 0 Å². The maximum absolute atomic E-state index is 12.5. The van der Waals surface area contributed by atoms with Crippen LogP contribution in [0.15, 0.2) is 35.9 Å². The van der Waals surface area contributed by atoms with Crippen molar-refractivity contribution in [3.05, 3.63) is 69.3 Å². The van der Waals surface area contributed by atoms with Crippen LogP contribution >= 0.6 is 0 Å². The Morgan fingerprint density at radius 3 is 2.12 bits per heavy atom. The molecular weight excluding hydrogens is 296 g/mol. The zero-order chi connectivity index (χ0) is 17.9. The Hall–Kier alpha value is -2.86. The van der Waals surface area contributed by atoms with Gasteiger partial charge >= 0.3 is 0 Å². The number of rotatable bonds is 3. The largest absolute Gasteiger partial charge is 0.321 e. The molecule has 122 valence electrons. The van der Waals surface area contributed by atoms with Crippen molar-refractivity contribution in [2.75, 3.05) is 5.32 Å². The molecule has 0 aliphatic rings. The van der Waals surface area contributed by atoms with Gasteiger partial charge in [0, 0.05) is 5.69 Å². The van der Waals surface area contributed by atoms with Crippen LogP contribution in [0.5, 0.6) is 0 Å². The van der Waals surface area contributed by atoms with Gasteiger partial charge in [0.05, 0.1) is 0 Å². The highest BCUT2D eigenvalue weighted by molar-refractivity contribution is 6.10. The second-order valence-electron chi connectivity index (χ2n) is 6.24. The average molecular weight is 318 g/mol. The molecule has 0 saturated carbocycles. The number of hydrogen-bond donors (Lipinski definition) is 1. The lowest BCUT2D eigenvalue weighted by Gasteiger charge is -2.12. The number of nitrogens with one attached hydrogen (secondary N) is 1. The normalized spacial score (nSPS) is 11.1. The summed E-state index contributed by atoms with van der Waals surface area (Å²) in [7, 11) is 0. The molecule has 0 saturated heterocycles. The summed E-state index contributed by atoms with van der Waals surface area (Å²) in [5, 5.41) is 12.2. The van der Waals surface area contributed by atoms with Gasteiger partial charge in [-0.25, -0.2) is 0 Å². The van der Waals surface area contributed by atoms with Gasteiger partial charge in [0.1, 0.15) is 11.6 Å².